The van der Waals surface area contributed by atoms with Gasteiger partial charge in [0.2, 0.25) is 0 Å². The standard InChI is InChI=1S/C59H108O13/c1-7-10-13-16-19-22-28-37-50(4)70-56(64)43-34-25-31-40-53(61)67-47-59(46-60,48-68-54(62)41-32-26-35-44-57(65)71-51(5)38-29-23-20-17-14-11-8-2)49-69-55(63)42-33-27-36-45-58(66)72-52(6)39-30-24-21-18-15-12-9-3/h50-52,60H,7-49H2,1-6H3. The van der Waals surface area contributed by atoms with Crippen LogP contribution in [-0.2, 0) is 57.2 Å². The van der Waals surface area contributed by atoms with E-state index in [1.54, 1.807) is 0 Å². The van der Waals surface area contributed by atoms with Crippen LogP contribution in [0.15, 0.2) is 0 Å². The molecule has 0 saturated heterocycles. The first-order valence-corrected chi connectivity index (χ1v) is 29.5. The molecular formula is C59H108O13. The maximum atomic E-state index is 12.9. The number of ether oxygens (including phenoxy) is 6. The molecule has 0 radical (unpaired) electrons. The second-order valence-electron chi connectivity index (χ2n) is 21.0. The Morgan fingerprint density at radius 3 is 0.764 bits per heavy atom. The molecule has 3 atom stereocenters. The quantitative estimate of drug-likeness (QED) is 0.0346. The smallest absolute Gasteiger partial charge is 0.306 e. The van der Waals surface area contributed by atoms with Gasteiger partial charge in [0.1, 0.15) is 19.8 Å². The van der Waals surface area contributed by atoms with E-state index in [2.05, 4.69) is 20.8 Å². The first kappa shape index (κ1) is 68.8. The maximum Gasteiger partial charge on any atom is 0.306 e. The minimum Gasteiger partial charge on any atom is -0.465 e. The minimum atomic E-state index is -1.39. The zero-order valence-electron chi connectivity index (χ0n) is 47.0. The Balaban J connectivity index is 4.91. The van der Waals surface area contributed by atoms with E-state index in [-0.39, 0.29) is 94.6 Å². The number of unbranched alkanes of at least 4 members (excludes halogenated alkanes) is 24. The lowest BCUT2D eigenvalue weighted by molar-refractivity contribution is -0.165. The molecule has 0 heterocycles. The summed E-state index contributed by atoms with van der Waals surface area (Å²) in [6, 6.07) is 0. The highest BCUT2D eigenvalue weighted by molar-refractivity contribution is 5.71. The van der Waals surface area contributed by atoms with Crippen molar-refractivity contribution in [3.63, 3.8) is 0 Å². The molecule has 0 bridgehead atoms. The van der Waals surface area contributed by atoms with Gasteiger partial charge in [0, 0.05) is 38.5 Å². The molecule has 0 amide bonds. The topological polar surface area (TPSA) is 178 Å². The predicted octanol–water partition coefficient (Wildman–Crippen LogP) is 14.7. The van der Waals surface area contributed by atoms with Gasteiger partial charge in [0.25, 0.3) is 0 Å². The minimum absolute atomic E-state index is 0.0854. The van der Waals surface area contributed by atoms with Crippen LogP contribution >= 0.6 is 0 Å². The third-order valence-electron chi connectivity index (χ3n) is 13.4. The second kappa shape index (κ2) is 48.7. The Morgan fingerprint density at radius 2 is 0.528 bits per heavy atom. The Bertz CT molecular complexity index is 1200. The van der Waals surface area contributed by atoms with E-state index in [1.807, 2.05) is 20.8 Å². The van der Waals surface area contributed by atoms with E-state index >= 15 is 0 Å². The molecule has 1 N–H and O–H groups in total. The molecule has 13 nitrogen and oxygen atoms in total. The molecule has 0 spiro atoms. The molecule has 13 heteroatoms. The number of aliphatic hydroxyl groups is 1. The molecule has 422 valence electrons. The van der Waals surface area contributed by atoms with Gasteiger partial charge >= 0.3 is 35.8 Å². The molecule has 0 aliphatic heterocycles. The number of hydrogen-bond donors (Lipinski definition) is 1. The highest BCUT2D eigenvalue weighted by Crippen LogP contribution is 2.22. The monoisotopic (exact) mass is 1020 g/mol. The number of aliphatic hydroxyl groups excluding tert-OH is 1. The highest BCUT2D eigenvalue weighted by Gasteiger charge is 2.35. The molecule has 0 rings (SSSR count). The molecule has 0 aromatic rings. The van der Waals surface area contributed by atoms with Crippen LogP contribution in [0.4, 0.5) is 0 Å². The number of hydrogen-bond acceptors (Lipinski definition) is 13. The van der Waals surface area contributed by atoms with Crippen molar-refractivity contribution < 1.29 is 62.3 Å². The maximum absolute atomic E-state index is 12.9. The summed E-state index contributed by atoms with van der Waals surface area (Å²) in [5, 5.41) is 10.6. The van der Waals surface area contributed by atoms with Crippen molar-refractivity contribution in [2.24, 2.45) is 5.41 Å². The molecule has 0 aromatic heterocycles. The summed E-state index contributed by atoms with van der Waals surface area (Å²) in [5.41, 5.74) is -1.39. The van der Waals surface area contributed by atoms with Crippen molar-refractivity contribution >= 4 is 35.8 Å². The van der Waals surface area contributed by atoms with Gasteiger partial charge in [-0.1, -0.05) is 156 Å². The van der Waals surface area contributed by atoms with Crippen molar-refractivity contribution in [3.05, 3.63) is 0 Å². The van der Waals surface area contributed by atoms with Gasteiger partial charge in [-0.05, 0) is 97.8 Å². The summed E-state index contributed by atoms with van der Waals surface area (Å²) in [4.78, 5) is 75.8. The van der Waals surface area contributed by atoms with Crippen molar-refractivity contribution in [3.8, 4) is 0 Å². The molecule has 0 aromatic carbocycles. The number of carbonyl (C=O) groups excluding carboxylic acids is 6. The molecule has 0 saturated carbocycles. The van der Waals surface area contributed by atoms with Crippen molar-refractivity contribution in [1.82, 2.24) is 0 Å². The predicted molar refractivity (Wildman–Crippen MR) is 286 cm³/mol. The lowest BCUT2D eigenvalue weighted by Crippen LogP contribution is -2.42. The van der Waals surface area contributed by atoms with Crippen LogP contribution in [0.25, 0.3) is 0 Å². The zero-order chi connectivity index (χ0) is 53.3. The summed E-state index contributed by atoms with van der Waals surface area (Å²) in [6.45, 7) is 10.8. The first-order chi connectivity index (χ1) is 34.8. The Hall–Kier alpha value is -3.22. The van der Waals surface area contributed by atoms with Gasteiger partial charge in [-0.15, -0.1) is 0 Å². The SMILES string of the molecule is CCCCCCCCCC(C)OC(=O)CCCCCC(=O)OCC(CO)(COC(=O)CCCCCC(=O)OC(C)CCCCCCCCC)COC(=O)CCCCCC(=O)OC(C)CCCCCCCCC. The highest BCUT2D eigenvalue weighted by atomic mass is 16.6. The molecular weight excluding hydrogens is 917 g/mol. The Kier molecular flexibility index (Phi) is 46.5. The second-order valence-corrected chi connectivity index (χ2v) is 21.0. The third-order valence-corrected chi connectivity index (χ3v) is 13.4. The van der Waals surface area contributed by atoms with Gasteiger partial charge < -0.3 is 33.5 Å². The van der Waals surface area contributed by atoms with E-state index in [1.165, 1.54) is 96.3 Å². The summed E-state index contributed by atoms with van der Waals surface area (Å²) < 4.78 is 33.5. The number of rotatable bonds is 52. The van der Waals surface area contributed by atoms with Gasteiger partial charge in [-0.2, -0.15) is 0 Å². The summed E-state index contributed by atoms with van der Waals surface area (Å²) in [7, 11) is 0. The number of esters is 6. The average molecular weight is 1030 g/mol. The van der Waals surface area contributed by atoms with Crippen LogP contribution in [0.2, 0.25) is 0 Å². The molecule has 72 heavy (non-hydrogen) atoms. The average Bonchev–Trinajstić information content (AvgIpc) is 3.35. The van der Waals surface area contributed by atoms with E-state index in [9.17, 15) is 33.9 Å². The van der Waals surface area contributed by atoms with E-state index < -0.39 is 29.9 Å². The van der Waals surface area contributed by atoms with Crippen molar-refractivity contribution in [1.29, 1.82) is 0 Å². The summed E-state index contributed by atoms with van der Waals surface area (Å²) >= 11 is 0. The van der Waals surface area contributed by atoms with Crippen LogP contribution in [0, 0.1) is 5.41 Å². The van der Waals surface area contributed by atoms with Gasteiger partial charge in [0.15, 0.2) is 0 Å². The van der Waals surface area contributed by atoms with Crippen molar-refractivity contribution in [2.75, 3.05) is 26.4 Å². The van der Waals surface area contributed by atoms with E-state index in [0.717, 1.165) is 57.8 Å². The largest absolute Gasteiger partial charge is 0.465 e. The fourth-order valence-corrected chi connectivity index (χ4v) is 8.52. The first-order valence-electron chi connectivity index (χ1n) is 29.5. The molecule has 0 fully saturated rings. The van der Waals surface area contributed by atoms with Crippen LogP contribution in [0.5, 0.6) is 0 Å². The molecule has 3 unspecified atom stereocenters. The van der Waals surface area contributed by atoms with Crippen LogP contribution in [0.1, 0.15) is 292 Å². The van der Waals surface area contributed by atoms with Gasteiger partial charge in [-0.25, -0.2) is 0 Å². The van der Waals surface area contributed by atoms with Crippen LogP contribution in [0.3, 0.4) is 0 Å². The molecule has 0 aliphatic carbocycles. The summed E-state index contributed by atoms with van der Waals surface area (Å²) in [6.07, 6.45) is 33.8. The van der Waals surface area contributed by atoms with Gasteiger partial charge in [-0.3, -0.25) is 28.8 Å². The Morgan fingerprint density at radius 1 is 0.319 bits per heavy atom. The van der Waals surface area contributed by atoms with Crippen LogP contribution < -0.4 is 0 Å². The van der Waals surface area contributed by atoms with Crippen molar-refractivity contribution in [2.45, 2.75) is 310 Å². The zero-order valence-corrected chi connectivity index (χ0v) is 47.0. The fourth-order valence-electron chi connectivity index (χ4n) is 8.52. The third kappa shape index (κ3) is 44.3. The van der Waals surface area contributed by atoms with E-state index in [4.69, 9.17) is 28.4 Å². The number of carbonyl (C=O) groups is 6. The lowest BCUT2D eigenvalue weighted by Gasteiger charge is -2.30. The van der Waals surface area contributed by atoms with Crippen LogP contribution in [-0.4, -0.2) is 85.7 Å². The fraction of sp³-hybridized carbons (Fsp3) is 0.898. The lowest BCUT2D eigenvalue weighted by atomic mass is 9.92. The Labute approximate surface area is 438 Å². The van der Waals surface area contributed by atoms with Gasteiger partial charge in [0.05, 0.1) is 30.3 Å². The normalized spacial score (nSPS) is 13.4. The molecule has 0 aliphatic rings. The van der Waals surface area contributed by atoms with E-state index in [0.29, 0.717) is 57.8 Å². The summed E-state index contributed by atoms with van der Waals surface area (Å²) in [5.74, 6) is -2.26.